The zero-order valence-electron chi connectivity index (χ0n) is 12.3. The van der Waals surface area contributed by atoms with E-state index in [2.05, 4.69) is 16.0 Å². The fraction of sp³-hybridized carbons (Fsp3) is 0.688. The van der Waals surface area contributed by atoms with E-state index in [0.29, 0.717) is 5.92 Å². The number of anilines is 1. The van der Waals surface area contributed by atoms with Crippen LogP contribution in [-0.2, 0) is 0 Å². The number of nitrogens with zero attached hydrogens (tertiary/aromatic N) is 2. The number of fused-ring (bicyclic) bond motifs is 1. The highest BCUT2D eigenvalue weighted by atomic mass is 16.3. The number of hydrogen-bond acceptors (Lipinski definition) is 4. The first-order chi connectivity index (χ1) is 9.58. The van der Waals surface area contributed by atoms with Crippen molar-refractivity contribution in [2.24, 2.45) is 11.7 Å². The van der Waals surface area contributed by atoms with E-state index in [1.165, 1.54) is 12.8 Å². The van der Waals surface area contributed by atoms with Gasteiger partial charge < -0.3 is 15.7 Å². The molecule has 0 spiro atoms. The Hall–Kier alpha value is -1.13. The summed E-state index contributed by atoms with van der Waals surface area (Å²) in [5, 5.41) is 10.7. The molecule has 1 aromatic rings. The smallest absolute Gasteiger partial charge is 0.0709 e. The number of hydrogen-bond donors (Lipinski definition) is 2. The van der Waals surface area contributed by atoms with Gasteiger partial charge in [0, 0.05) is 25.0 Å². The molecule has 1 saturated carbocycles. The topological polar surface area (TPSA) is 62.4 Å². The van der Waals surface area contributed by atoms with Gasteiger partial charge in [-0.3, -0.25) is 4.98 Å². The van der Waals surface area contributed by atoms with Crippen molar-refractivity contribution in [3.05, 3.63) is 24.0 Å². The van der Waals surface area contributed by atoms with Gasteiger partial charge in [0.15, 0.2) is 0 Å². The SMILES string of the molecule is C[C@@H](N)c1ccc(N2CCC3(O)CCCCC3C2)cn1. The van der Waals surface area contributed by atoms with Crippen LogP contribution in [0.4, 0.5) is 5.69 Å². The van der Waals surface area contributed by atoms with E-state index in [1.807, 2.05) is 19.2 Å². The molecule has 1 saturated heterocycles. The Balaban J connectivity index is 1.72. The van der Waals surface area contributed by atoms with Crippen LogP contribution in [0.5, 0.6) is 0 Å². The summed E-state index contributed by atoms with van der Waals surface area (Å²) in [7, 11) is 0. The molecule has 1 aromatic heterocycles. The first-order valence-corrected chi connectivity index (χ1v) is 7.77. The fourth-order valence-electron chi connectivity index (χ4n) is 3.66. The van der Waals surface area contributed by atoms with Crippen LogP contribution in [0.25, 0.3) is 0 Å². The zero-order chi connectivity index (χ0) is 14.2. The molecule has 3 atom stereocenters. The average molecular weight is 275 g/mol. The molecule has 0 aromatic carbocycles. The maximum Gasteiger partial charge on any atom is 0.0709 e. The van der Waals surface area contributed by atoms with Crippen molar-refractivity contribution in [1.82, 2.24) is 4.98 Å². The third-order valence-electron chi connectivity index (χ3n) is 5.03. The van der Waals surface area contributed by atoms with Crippen LogP contribution in [0.2, 0.25) is 0 Å². The molecule has 2 aliphatic rings. The summed E-state index contributed by atoms with van der Waals surface area (Å²) in [6.07, 6.45) is 7.37. The summed E-state index contributed by atoms with van der Waals surface area (Å²) in [6, 6.07) is 4.11. The van der Waals surface area contributed by atoms with Gasteiger partial charge in [-0.1, -0.05) is 12.8 Å². The monoisotopic (exact) mass is 275 g/mol. The van der Waals surface area contributed by atoms with Crippen molar-refractivity contribution < 1.29 is 5.11 Å². The summed E-state index contributed by atoms with van der Waals surface area (Å²) >= 11 is 0. The van der Waals surface area contributed by atoms with Gasteiger partial charge >= 0.3 is 0 Å². The highest BCUT2D eigenvalue weighted by Crippen LogP contribution is 2.40. The van der Waals surface area contributed by atoms with E-state index in [0.717, 1.165) is 43.7 Å². The molecule has 2 fully saturated rings. The second kappa shape index (κ2) is 5.34. The Bertz CT molecular complexity index is 459. The van der Waals surface area contributed by atoms with Crippen LogP contribution in [0.15, 0.2) is 18.3 Å². The summed E-state index contributed by atoms with van der Waals surface area (Å²) < 4.78 is 0. The van der Waals surface area contributed by atoms with Crippen molar-refractivity contribution >= 4 is 5.69 Å². The lowest BCUT2D eigenvalue weighted by molar-refractivity contribution is -0.0612. The molecule has 3 N–H and O–H groups in total. The van der Waals surface area contributed by atoms with Crippen LogP contribution < -0.4 is 10.6 Å². The number of piperidine rings is 1. The van der Waals surface area contributed by atoms with Gasteiger partial charge in [0.05, 0.1) is 23.2 Å². The van der Waals surface area contributed by atoms with E-state index in [1.54, 1.807) is 0 Å². The lowest BCUT2D eigenvalue weighted by Crippen LogP contribution is -2.53. The third-order valence-corrected chi connectivity index (χ3v) is 5.03. The molecular weight excluding hydrogens is 250 g/mol. The lowest BCUT2D eigenvalue weighted by atomic mass is 9.71. The van der Waals surface area contributed by atoms with Crippen molar-refractivity contribution in [3.8, 4) is 0 Å². The largest absolute Gasteiger partial charge is 0.389 e. The molecule has 0 amide bonds. The van der Waals surface area contributed by atoms with Crippen molar-refractivity contribution in [2.75, 3.05) is 18.0 Å². The van der Waals surface area contributed by atoms with Crippen molar-refractivity contribution in [2.45, 2.75) is 50.7 Å². The van der Waals surface area contributed by atoms with E-state index in [9.17, 15) is 5.11 Å². The van der Waals surface area contributed by atoms with E-state index < -0.39 is 5.60 Å². The molecule has 2 unspecified atom stereocenters. The minimum Gasteiger partial charge on any atom is -0.389 e. The van der Waals surface area contributed by atoms with Gasteiger partial charge in [-0.2, -0.15) is 0 Å². The van der Waals surface area contributed by atoms with Crippen LogP contribution in [0.3, 0.4) is 0 Å². The lowest BCUT2D eigenvalue weighted by Gasteiger charge is -2.48. The summed E-state index contributed by atoms with van der Waals surface area (Å²) in [4.78, 5) is 6.81. The van der Waals surface area contributed by atoms with Gasteiger partial charge in [-0.25, -0.2) is 0 Å². The fourth-order valence-corrected chi connectivity index (χ4v) is 3.66. The normalized spacial score (nSPS) is 31.8. The van der Waals surface area contributed by atoms with Gasteiger partial charge in [0.2, 0.25) is 0 Å². The number of aliphatic hydroxyl groups is 1. The van der Waals surface area contributed by atoms with E-state index in [4.69, 9.17) is 5.73 Å². The third kappa shape index (κ3) is 2.54. The molecule has 0 bridgehead atoms. The summed E-state index contributed by atoms with van der Waals surface area (Å²) in [5.74, 6) is 0.415. The molecule has 2 heterocycles. The number of nitrogens with two attached hydrogens (primary N) is 1. The summed E-state index contributed by atoms with van der Waals surface area (Å²) in [5.41, 5.74) is 7.51. The highest BCUT2D eigenvalue weighted by Gasteiger charge is 2.42. The molecule has 3 rings (SSSR count). The maximum atomic E-state index is 10.7. The van der Waals surface area contributed by atoms with Crippen molar-refractivity contribution in [3.63, 3.8) is 0 Å². The quantitative estimate of drug-likeness (QED) is 0.869. The molecule has 0 radical (unpaired) electrons. The number of aromatic nitrogens is 1. The first kappa shape index (κ1) is 13.8. The molecular formula is C16H25N3O. The van der Waals surface area contributed by atoms with Crippen LogP contribution >= 0.6 is 0 Å². The number of pyridine rings is 1. The van der Waals surface area contributed by atoms with E-state index >= 15 is 0 Å². The van der Waals surface area contributed by atoms with Crippen molar-refractivity contribution in [1.29, 1.82) is 0 Å². The minimum atomic E-state index is -0.409. The highest BCUT2D eigenvalue weighted by molar-refractivity contribution is 5.45. The van der Waals surface area contributed by atoms with Gasteiger partial charge in [0.25, 0.3) is 0 Å². The molecule has 110 valence electrons. The van der Waals surface area contributed by atoms with E-state index in [-0.39, 0.29) is 6.04 Å². The molecule has 20 heavy (non-hydrogen) atoms. The minimum absolute atomic E-state index is 0.0196. The van der Waals surface area contributed by atoms with Crippen LogP contribution in [-0.4, -0.2) is 28.8 Å². The molecule has 1 aliphatic heterocycles. The second-order valence-electron chi connectivity index (χ2n) is 6.47. The van der Waals surface area contributed by atoms with Crippen LogP contribution in [0, 0.1) is 5.92 Å². The van der Waals surface area contributed by atoms with Crippen LogP contribution in [0.1, 0.15) is 50.8 Å². The molecule has 1 aliphatic carbocycles. The van der Waals surface area contributed by atoms with Gasteiger partial charge in [-0.15, -0.1) is 0 Å². The second-order valence-corrected chi connectivity index (χ2v) is 6.47. The van der Waals surface area contributed by atoms with Gasteiger partial charge in [0.1, 0.15) is 0 Å². The number of rotatable bonds is 2. The predicted molar refractivity (Wildman–Crippen MR) is 80.6 cm³/mol. The Morgan fingerprint density at radius 2 is 2.25 bits per heavy atom. The first-order valence-electron chi connectivity index (χ1n) is 7.77. The molecule has 4 heteroatoms. The predicted octanol–water partition coefficient (Wildman–Crippen LogP) is 2.23. The zero-order valence-corrected chi connectivity index (χ0v) is 12.3. The Morgan fingerprint density at radius 1 is 1.40 bits per heavy atom. The standard InChI is InChI=1S/C16H25N3O/c1-12(17)15-6-5-14(10-18-15)19-9-8-16(20)7-3-2-4-13(16)11-19/h5-6,10,12-13,20H,2-4,7-9,11,17H2,1H3/t12-,13?,16?/m1/s1. The Labute approximate surface area is 121 Å². The summed E-state index contributed by atoms with van der Waals surface area (Å²) in [6.45, 7) is 3.83. The molecule has 4 nitrogen and oxygen atoms in total. The van der Waals surface area contributed by atoms with Gasteiger partial charge in [-0.05, 0) is 38.3 Å². The maximum absolute atomic E-state index is 10.7. The Kier molecular flexibility index (Phi) is 3.69. The average Bonchev–Trinajstić information content (AvgIpc) is 2.46. The Morgan fingerprint density at radius 3 is 2.95 bits per heavy atom.